The average Bonchev–Trinajstić information content (AvgIpc) is 3.40. The van der Waals surface area contributed by atoms with Gasteiger partial charge < -0.3 is 11.1 Å². The number of rotatable bonds is 8. The summed E-state index contributed by atoms with van der Waals surface area (Å²) in [5, 5.41) is 9.68. The molecule has 0 fully saturated rings. The lowest BCUT2D eigenvalue weighted by Gasteiger charge is -2.09. The van der Waals surface area contributed by atoms with Crippen LogP contribution in [0.25, 0.3) is 0 Å². The lowest BCUT2D eigenvalue weighted by Crippen LogP contribution is -2.24. The minimum atomic E-state index is -0.310. The molecule has 2 heterocycles. The topological polar surface area (TPSA) is 96.7 Å². The van der Waals surface area contributed by atoms with Crippen LogP contribution in [0.2, 0.25) is 0 Å². The van der Waals surface area contributed by atoms with Crippen molar-refractivity contribution in [2.24, 2.45) is 0 Å². The fraction of sp³-hybridized carbons (Fsp3) is 0.148. The highest BCUT2D eigenvalue weighted by molar-refractivity contribution is 7.98. The Hall–Kier alpha value is -4.09. The second-order valence-electron chi connectivity index (χ2n) is 7.81. The summed E-state index contributed by atoms with van der Waals surface area (Å²) >= 11 is 1.60. The van der Waals surface area contributed by atoms with Crippen LogP contribution in [-0.2, 0) is 12.2 Å². The zero-order valence-electron chi connectivity index (χ0n) is 18.9. The van der Waals surface area contributed by atoms with Crippen molar-refractivity contribution in [2.75, 3.05) is 12.3 Å². The van der Waals surface area contributed by atoms with Gasteiger partial charge >= 0.3 is 0 Å². The molecule has 35 heavy (non-hydrogen) atoms. The van der Waals surface area contributed by atoms with Crippen LogP contribution in [0.15, 0.2) is 78.1 Å². The number of carbonyl (C=O) groups is 1. The Bertz CT molecular complexity index is 1330. The number of carbonyl (C=O) groups excluding carboxylic acids is 1. The summed E-state index contributed by atoms with van der Waals surface area (Å²) < 4.78 is 13.2. The molecular weight excluding hydrogens is 461 g/mol. The SMILES string of the molecule is Nc1ccc(CSc2ccc(C(=O)NCCCc3cn[nH]c3)cc2C#Cc2ccc(F)cc2)cn1. The first-order valence-corrected chi connectivity index (χ1v) is 12.1. The molecule has 6 nitrogen and oxygen atoms in total. The zero-order chi connectivity index (χ0) is 24.5. The van der Waals surface area contributed by atoms with E-state index in [9.17, 15) is 9.18 Å². The van der Waals surface area contributed by atoms with E-state index in [1.807, 2.05) is 18.3 Å². The third kappa shape index (κ3) is 7.19. The number of nitrogens with two attached hydrogens (primary N) is 1. The van der Waals surface area contributed by atoms with Gasteiger partial charge in [-0.3, -0.25) is 9.89 Å². The number of nitrogens with one attached hydrogen (secondary N) is 2. The lowest BCUT2D eigenvalue weighted by molar-refractivity contribution is 0.0953. The smallest absolute Gasteiger partial charge is 0.251 e. The first-order valence-electron chi connectivity index (χ1n) is 11.1. The maximum atomic E-state index is 13.2. The molecule has 0 spiro atoms. The van der Waals surface area contributed by atoms with Crippen LogP contribution < -0.4 is 11.1 Å². The first kappa shape index (κ1) is 24.0. The molecule has 8 heteroatoms. The van der Waals surface area contributed by atoms with Crippen molar-refractivity contribution >= 4 is 23.5 Å². The summed E-state index contributed by atoms with van der Waals surface area (Å²) in [7, 11) is 0. The average molecular weight is 486 g/mol. The van der Waals surface area contributed by atoms with Crippen molar-refractivity contribution in [1.29, 1.82) is 0 Å². The molecule has 0 unspecified atom stereocenters. The second kappa shape index (κ2) is 11.9. The fourth-order valence-electron chi connectivity index (χ4n) is 3.26. The van der Waals surface area contributed by atoms with Gasteiger partial charge in [0.05, 0.1) is 6.20 Å². The van der Waals surface area contributed by atoms with E-state index in [4.69, 9.17) is 5.73 Å². The number of aromatic nitrogens is 3. The summed E-state index contributed by atoms with van der Waals surface area (Å²) in [6, 6.07) is 15.2. The molecule has 0 bridgehead atoms. The molecule has 4 rings (SSSR count). The van der Waals surface area contributed by atoms with Gasteiger partial charge in [0.1, 0.15) is 11.6 Å². The highest BCUT2D eigenvalue weighted by atomic mass is 32.2. The molecule has 176 valence electrons. The molecule has 0 aliphatic rings. The Morgan fingerprint density at radius 1 is 1.06 bits per heavy atom. The van der Waals surface area contributed by atoms with E-state index >= 15 is 0 Å². The summed E-state index contributed by atoms with van der Waals surface area (Å²) in [5.41, 5.74) is 9.77. The monoisotopic (exact) mass is 485 g/mol. The van der Waals surface area contributed by atoms with Crippen LogP contribution in [0.5, 0.6) is 0 Å². The van der Waals surface area contributed by atoms with Gasteiger partial charge in [-0.2, -0.15) is 5.10 Å². The van der Waals surface area contributed by atoms with Crippen molar-refractivity contribution in [1.82, 2.24) is 20.5 Å². The number of amides is 1. The summed E-state index contributed by atoms with van der Waals surface area (Å²) in [4.78, 5) is 17.8. The number of anilines is 1. The Morgan fingerprint density at radius 2 is 1.91 bits per heavy atom. The fourth-order valence-corrected chi connectivity index (χ4v) is 4.18. The lowest BCUT2D eigenvalue weighted by atomic mass is 10.1. The van der Waals surface area contributed by atoms with Crippen LogP contribution in [0, 0.1) is 17.7 Å². The quantitative estimate of drug-likeness (QED) is 0.193. The molecule has 0 atom stereocenters. The predicted molar refractivity (Wildman–Crippen MR) is 136 cm³/mol. The minimum absolute atomic E-state index is 0.152. The molecule has 1 amide bonds. The number of aromatic amines is 1. The van der Waals surface area contributed by atoms with E-state index in [2.05, 4.69) is 32.3 Å². The van der Waals surface area contributed by atoms with Gasteiger partial charge in [-0.05, 0) is 72.5 Å². The van der Waals surface area contributed by atoms with Crippen LogP contribution in [0.1, 0.15) is 39.0 Å². The number of halogens is 1. The number of hydrogen-bond acceptors (Lipinski definition) is 5. The maximum Gasteiger partial charge on any atom is 0.251 e. The van der Waals surface area contributed by atoms with E-state index in [0.717, 1.165) is 34.4 Å². The summed E-state index contributed by atoms with van der Waals surface area (Å²) in [6.45, 7) is 0.557. The number of pyridine rings is 1. The van der Waals surface area contributed by atoms with E-state index in [-0.39, 0.29) is 11.7 Å². The molecule has 4 aromatic rings. The molecule has 0 saturated carbocycles. The van der Waals surface area contributed by atoms with Gasteiger partial charge in [-0.25, -0.2) is 9.37 Å². The minimum Gasteiger partial charge on any atom is -0.384 e. The standard InChI is InChI=1S/C27H24FN5OS/c28-24-9-4-19(5-10-24)3-7-22-14-23(27(34)30-13-1-2-20-16-32-33-17-20)8-11-25(22)35-18-21-6-12-26(29)31-15-21/h4-6,8-12,14-17H,1-2,13,18H2,(H2,29,31)(H,30,34)(H,32,33). The third-order valence-corrected chi connectivity index (χ3v) is 6.30. The normalized spacial score (nSPS) is 10.4. The number of nitrogen functional groups attached to an aromatic ring is 1. The van der Waals surface area contributed by atoms with Crippen molar-refractivity contribution in [2.45, 2.75) is 23.5 Å². The molecule has 0 radical (unpaired) electrons. The summed E-state index contributed by atoms with van der Waals surface area (Å²) in [6.07, 6.45) is 7.03. The Labute approximate surface area is 207 Å². The predicted octanol–water partition coefficient (Wildman–Crippen LogP) is 4.58. The van der Waals surface area contributed by atoms with Crippen LogP contribution in [0.3, 0.4) is 0 Å². The number of hydrogen-bond donors (Lipinski definition) is 3. The Morgan fingerprint density at radius 3 is 2.66 bits per heavy atom. The van der Waals surface area contributed by atoms with Crippen LogP contribution in [-0.4, -0.2) is 27.6 Å². The van der Waals surface area contributed by atoms with Gasteiger partial charge in [0.2, 0.25) is 0 Å². The number of aryl methyl sites for hydroxylation is 1. The van der Waals surface area contributed by atoms with E-state index in [1.54, 1.807) is 54.5 Å². The molecule has 0 saturated heterocycles. The van der Waals surface area contributed by atoms with E-state index < -0.39 is 0 Å². The molecule has 0 aliphatic carbocycles. The molecule has 0 aliphatic heterocycles. The Kier molecular flexibility index (Phi) is 8.15. The van der Waals surface area contributed by atoms with Crippen molar-refractivity contribution in [3.8, 4) is 11.8 Å². The second-order valence-corrected chi connectivity index (χ2v) is 8.83. The van der Waals surface area contributed by atoms with Gasteiger partial charge in [-0.15, -0.1) is 11.8 Å². The molecule has 2 aromatic heterocycles. The van der Waals surface area contributed by atoms with Gasteiger partial charge in [0, 0.05) is 46.3 Å². The maximum absolute atomic E-state index is 13.2. The van der Waals surface area contributed by atoms with Gasteiger partial charge in [0.25, 0.3) is 5.91 Å². The number of nitrogens with zero attached hydrogens (tertiary/aromatic N) is 2. The number of H-pyrrole nitrogens is 1. The third-order valence-electron chi connectivity index (χ3n) is 5.15. The molecule has 2 aromatic carbocycles. The largest absolute Gasteiger partial charge is 0.384 e. The molecule has 4 N–H and O–H groups in total. The number of thioether (sulfide) groups is 1. The van der Waals surface area contributed by atoms with E-state index in [1.165, 1.54) is 12.1 Å². The van der Waals surface area contributed by atoms with Crippen molar-refractivity contribution < 1.29 is 9.18 Å². The first-order chi connectivity index (χ1) is 17.1. The highest BCUT2D eigenvalue weighted by Crippen LogP contribution is 2.27. The van der Waals surface area contributed by atoms with Crippen LogP contribution >= 0.6 is 11.8 Å². The number of benzene rings is 2. The van der Waals surface area contributed by atoms with Gasteiger partial charge in [0.15, 0.2) is 0 Å². The van der Waals surface area contributed by atoms with Crippen molar-refractivity contribution in [3.05, 3.63) is 107 Å². The zero-order valence-corrected chi connectivity index (χ0v) is 19.7. The summed E-state index contributed by atoms with van der Waals surface area (Å²) in [5.74, 6) is 6.92. The Balaban J connectivity index is 1.48. The van der Waals surface area contributed by atoms with Crippen molar-refractivity contribution in [3.63, 3.8) is 0 Å². The van der Waals surface area contributed by atoms with E-state index in [0.29, 0.717) is 29.2 Å². The van der Waals surface area contributed by atoms with Gasteiger partial charge in [-0.1, -0.05) is 17.9 Å². The molecular formula is C27H24FN5OS. The van der Waals surface area contributed by atoms with Crippen LogP contribution in [0.4, 0.5) is 10.2 Å². The highest BCUT2D eigenvalue weighted by Gasteiger charge is 2.10.